The first-order valence-electron chi connectivity index (χ1n) is 43.8. The van der Waals surface area contributed by atoms with Crippen LogP contribution in [0.3, 0.4) is 0 Å². The van der Waals surface area contributed by atoms with Crippen molar-refractivity contribution in [3.8, 4) is 0 Å². The summed E-state index contributed by atoms with van der Waals surface area (Å²) in [5.41, 5.74) is 13.5. The van der Waals surface area contributed by atoms with Gasteiger partial charge in [-0.2, -0.15) is 73.1 Å². The number of fused-ring (bicyclic) bond motifs is 6. The minimum atomic E-state index is -4.51. The third-order valence-electron chi connectivity index (χ3n) is 22.8. The summed E-state index contributed by atoms with van der Waals surface area (Å²) >= 11 is 63.2. The smallest absolute Gasteiger partial charge is 0.416 e. The molecule has 0 saturated heterocycles. The lowest BCUT2D eigenvalue weighted by atomic mass is 9.94. The Hall–Kier alpha value is -11.4. The molecule has 14 aromatic rings. The lowest BCUT2D eigenvalue weighted by molar-refractivity contribution is -0.138. The average molecular weight is 2230 g/mol. The number of anilines is 8. The van der Waals surface area contributed by atoms with Gasteiger partial charge in [0.05, 0.1) is 143 Å². The number of carboxylic acids is 1. The maximum absolute atomic E-state index is 13.6. The summed E-state index contributed by atoms with van der Waals surface area (Å²) in [7, 11) is 0. The number of imidazole rings is 2. The number of nitrogens with one attached hydrogen (secondary N) is 7. The number of amides is 1. The third-order valence-corrected chi connectivity index (χ3v) is 25.7. The maximum atomic E-state index is 13.6. The van der Waals surface area contributed by atoms with Crippen LogP contribution in [0.2, 0.25) is 40.2 Å². The van der Waals surface area contributed by atoms with Crippen molar-refractivity contribution in [2.75, 3.05) is 56.0 Å². The molecule has 10 heterocycles. The van der Waals surface area contributed by atoms with Gasteiger partial charge in [0, 0.05) is 84.4 Å². The first-order chi connectivity index (χ1) is 67.9. The van der Waals surface area contributed by atoms with Crippen molar-refractivity contribution in [1.29, 1.82) is 0 Å². The number of hydrogen-bond acceptors (Lipinski definition) is 16. The van der Waals surface area contributed by atoms with Crippen LogP contribution in [0.1, 0.15) is 161 Å². The molecule has 18 rings (SSSR count). The number of carbonyl (C=O) groups excluding carboxylic acids is 1. The normalized spacial score (nSPS) is 15.5. The fraction of sp³-hybridized carbons (Fsp3) is 0.250. The van der Waals surface area contributed by atoms with Crippen molar-refractivity contribution in [3.05, 3.63) is 325 Å². The lowest BCUT2D eigenvalue weighted by Gasteiger charge is -2.30. The Morgan fingerprint density at radius 2 is 0.694 bits per heavy atom. The molecule has 24 nitrogen and oxygen atoms in total. The highest BCUT2D eigenvalue weighted by atomic mass is 36.0. The van der Waals surface area contributed by atoms with Gasteiger partial charge in [-0.15, -0.1) is 0 Å². The minimum absolute atomic E-state index is 0.123. The highest BCUT2D eigenvalue weighted by Crippen LogP contribution is 2.61. The predicted molar refractivity (Wildman–Crippen MR) is 549 cm³/mol. The highest BCUT2D eigenvalue weighted by molar-refractivity contribution is 8.24. The number of alkyl halides is 12. The molecule has 10 N–H and O–H groups in total. The summed E-state index contributed by atoms with van der Waals surface area (Å²) in [5, 5.41) is 48.7. The Kier molecular flexibility index (Phi) is 34.9. The third kappa shape index (κ3) is 25.3. The van der Waals surface area contributed by atoms with Crippen LogP contribution in [0.25, 0.3) is 33.2 Å². The standard InChI is InChI=1S/C24H22Cl2F3N5O.2C24H20Cl2F3N5.C14H11Cl2N3O2.C10H13F3N2.Cl3OP/c1-3-9-30-19-12-15(24(27,28)29)5-7-18(19)33-23(35)21-13(2)32-20-8-10-31-34(20)22(21)14-4-6-16(25)17(26)11-14;2*1-3-10-33-19-7-5-15(24(27,28)29)12-18(19)32-23(33)21-13(2)31-20-8-9-30-34(20)22(21)14-4-6-16(25)17(26)11-14;1-7-12(14(20)21)13(19-11(18-7)4-5-17-19)8-2-3-9(15)10(16)6-8;1-2-5-15-9-4-3-7(6-8(9)14)10(11,12)13;1-5(2,3)4/h4-8,10-12,22,30,32H,3,9H2,1-2H3,(H,33,35);2*4-9,11-12,22,31H,3,10H2,1-2H3;2-6,13,18H,1H3,(H,20,21);3-4,6,15H,2,5,14H2,1H3;. The fourth-order valence-corrected chi connectivity index (χ4v) is 17.7. The van der Waals surface area contributed by atoms with Gasteiger partial charge < -0.3 is 57.2 Å². The maximum Gasteiger partial charge on any atom is 0.416 e. The van der Waals surface area contributed by atoms with Crippen molar-refractivity contribution < 1.29 is 71.9 Å². The number of hydrogen-bond donors (Lipinski definition) is 9. The van der Waals surface area contributed by atoms with Crippen LogP contribution in [-0.4, -0.2) is 88.3 Å². The van der Waals surface area contributed by atoms with Gasteiger partial charge in [0.2, 0.25) is 0 Å². The van der Waals surface area contributed by atoms with Gasteiger partial charge in [-0.05, 0) is 231 Å². The Labute approximate surface area is 870 Å². The largest absolute Gasteiger partial charge is 0.478 e. The summed E-state index contributed by atoms with van der Waals surface area (Å²) in [6, 6.07) is 40.0. The number of halogens is 23. The van der Waals surface area contributed by atoms with E-state index in [1.165, 1.54) is 24.3 Å². The van der Waals surface area contributed by atoms with Gasteiger partial charge in [0.1, 0.15) is 59.1 Å². The van der Waals surface area contributed by atoms with E-state index in [1.807, 2.05) is 84.3 Å². The average Bonchev–Trinajstić information content (AvgIpc) is 1.59. The number of carbonyl (C=O) groups is 2. The summed E-state index contributed by atoms with van der Waals surface area (Å²) in [4.78, 5) is 34.7. The van der Waals surface area contributed by atoms with E-state index in [4.69, 9.17) is 109 Å². The zero-order chi connectivity index (χ0) is 105. The Balaban J connectivity index is 0.000000153. The monoisotopic (exact) mass is 2230 g/mol. The van der Waals surface area contributed by atoms with E-state index in [0.717, 1.165) is 119 Å². The molecular formula is C96H86Cl11F12N20O4P. The SMILES string of the molecule is CC1=C(C(=O)O)C(c2ccc(Cl)c(Cl)c2)n2nccc2N1.CCCNc1cc(C(F)(F)F)ccc1NC(=O)C1=C(C)Nc2ccnn2C1c1ccc(Cl)c(Cl)c1.CCCNc1ccc(C(F)(F)F)cc1N.CCCn1c(C2=C(C)Nc3ccnn3C2c2ccc(Cl)c(Cl)c2)nc2cc(C(F)(F)F)ccc21.CCCn1c(C2=C(C)Nc3ccnn3C2c2ccc(Cl)c(Cl)c2)nc2cc(C(F)(F)F)ccc21.O=P(Cl)(Cl)Cl. The predicted octanol–water partition coefficient (Wildman–Crippen LogP) is 31.3. The molecule has 4 unspecified atom stereocenters. The van der Waals surface area contributed by atoms with Crippen LogP contribution in [0.5, 0.6) is 0 Å². The van der Waals surface area contributed by atoms with E-state index >= 15 is 0 Å². The van der Waals surface area contributed by atoms with Crippen molar-refractivity contribution in [3.63, 3.8) is 0 Å². The number of nitrogens with zero attached hydrogens (tertiary/aromatic N) is 12. The van der Waals surface area contributed by atoms with Crippen LogP contribution >= 0.6 is 132 Å². The number of nitrogens with two attached hydrogens (primary N) is 1. The van der Waals surface area contributed by atoms with Gasteiger partial charge in [-0.1, -0.05) is 145 Å². The number of allylic oxidation sites excluding steroid dienone is 6. The van der Waals surface area contributed by atoms with E-state index in [2.05, 4.69) is 91.3 Å². The number of nitrogen functional groups attached to an aromatic ring is 1. The zero-order valence-electron chi connectivity index (χ0n) is 76.7. The molecule has 48 heteroatoms. The first-order valence-corrected chi connectivity index (χ1v) is 51.3. The molecule has 8 aromatic carbocycles. The zero-order valence-corrected chi connectivity index (χ0v) is 85.9. The van der Waals surface area contributed by atoms with Gasteiger partial charge in [-0.25, -0.2) is 33.5 Å². The van der Waals surface area contributed by atoms with Crippen LogP contribution in [0.4, 0.5) is 98.7 Å². The van der Waals surface area contributed by atoms with Crippen LogP contribution < -0.4 is 43.0 Å². The lowest BCUT2D eigenvalue weighted by Crippen LogP contribution is -2.31. The van der Waals surface area contributed by atoms with Crippen molar-refractivity contribution in [2.24, 2.45) is 0 Å². The first kappa shape index (κ1) is 110. The van der Waals surface area contributed by atoms with E-state index in [0.29, 0.717) is 135 Å². The molecule has 4 atom stereocenters. The molecular weight excluding hydrogens is 2150 g/mol. The summed E-state index contributed by atoms with van der Waals surface area (Å²) < 4.78 is 177. The highest BCUT2D eigenvalue weighted by Gasteiger charge is 2.42. The van der Waals surface area contributed by atoms with E-state index in [9.17, 15) is 71.9 Å². The number of benzene rings is 8. The Morgan fingerprint density at radius 1 is 0.389 bits per heavy atom. The van der Waals surface area contributed by atoms with Crippen molar-refractivity contribution in [1.82, 2.24) is 58.2 Å². The van der Waals surface area contributed by atoms with Crippen molar-refractivity contribution >= 4 is 223 Å². The van der Waals surface area contributed by atoms with Gasteiger partial charge >= 0.3 is 35.9 Å². The second kappa shape index (κ2) is 45.7. The summed E-state index contributed by atoms with van der Waals surface area (Å²) in [6.07, 6.45) is -8.00. The number of aromatic nitrogens is 12. The molecule has 0 radical (unpaired) electrons. The van der Waals surface area contributed by atoms with E-state index in [-0.39, 0.29) is 33.7 Å². The van der Waals surface area contributed by atoms with E-state index < -0.39 is 88.2 Å². The molecule has 144 heavy (non-hydrogen) atoms. The Bertz CT molecular complexity index is 7120. The van der Waals surface area contributed by atoms with Crippen LogP contribution in [-0.2, 0) is 51.9 Å². The molecule has 1 amide bonds. The van der Waals surface area contributed by atoms with Gasteiger partial charge in [0.25, 0.3) is 5.91 Å². The van der Waals surface area contributed by atoms with Crippen LogP contribution in [0, 0.1) is 0 Å². The summed E-state index contributed by atoms with van der Waals surface area (Å²) in [5.74, 6) is 2.65. The molecule has 4 aliphatic rings. The van der Waals surface area contributed by atoms with E-state index in [1.54, 1.807) is 121 Å². The number of aryl methyl sites for hydroxylation is 2. The molecule has 0 bridgehead atoms. The fourth-order valence-electron chi connectivity index (χ4n) is 16.4. The number of carboxylic acid groups (broad SMARTS) is 1. The summed E-state index contributed by atoms with van der Waals surface area (Å²) in [6.45, 7) is 17.5. The number of rotatable bonds is 19. The molecule has 0 saturated carbocycles. The molecule has 4 aliphatic heterocycles. The van der Waals surface area contributed by atoms with Gasteiger partial charge in [0.15, 0.2) is 0 Å². The van der Waals surface area contributed by atoms with Crippen LogP contribution in [0.15, 0.2) is 229 Å². The molecule has 760 valence electrons. The molecule has 0 spiro atoms. The Morgan fingerprint density at radius 3 is 1.03 bits per heavy atom. The minimum Gasteiger partial charge on any atom is -0.478 e. The molecule has 0 aliphatic carbocycles. The van der Waals surface area contributed by atoms with Crippen molar-refractivity contribution in [2.45, 2.75) is 143 Å². The molecule has 6 aromatic heterocycles. The van der Waals surface area contributed by atoms with Gasteiger partial charge in [-0.3, -0.25) is 9.36 Å². The quantitative estimate of drug-likeness (QED) is 0.0207. The second-order valence-corrected chi connectivity index (χ2v) is 42.6. The second-order valence-electron chi connectivity index (χ2n) is 32.7. The number of aliphatic carboxylic acids is 1. The topological polar surface area (TPSA) is 289 Å². The molecule has 0 fully saturated rings.